The van der Waals surface area contributed by atoms with Gasteiger partial charge in [-0.1, -0.05) is 0 Å². The molecule has 0 aliphatic heterocycles. The molecular weight excluding hydrogens is 166 g/mol. The fourth-order valence-corrected chi connectivity index (χ4v) is 1.91. The first-order chi connectivity index (χ1) is 6.09. The van der Waals surface area contributed by atoms with Gasteiger partial charge in [0, 0.05) is 11.5 Å². The van der Waals surface area contributed by atoms with Crippen LogP contribution in [0.5, 0.6) is 0 Å². The van der Waals surface area contributed by atoms with Crippen LogP contribution in [0.4, 0.5) is 0 Å². The highest BCUT2D eigenvalue weighted by atomic mass is 16.3. The summed E-state index contributed by atoms with van der Waals surface area (Å²) in [7, 11) is 0. The highest BCUT2D eigenvalue weighted by molar-refractivity contribution is 5.80. The number of hydrogen-bond donors (Lipinski definition) is 2. The highest BCUT2D eigenvalue weighted by Crippen LogP contribution is 2.35. The largest absolute Gasteiger partial charge is 0.393 e. The molecule has 0 bridgehead atoms. The molecule has 1 amide bonds. The molecule has 2 rings (SSSR count). The molecular formula is C10H17NO2. The zero-order chi connectivity index (χ0) is 9.47. The van der Waals surface area contributed by atoms with Gasteiger partial charge in [-0.25, -0.2) is 0 Å². The van der Waals surface area contributed by atoms with Crippen molar-refractivity contribution in [3.8, 4) is 0 Å². The van der Waals surface area contributed by atoms with E-state index in [1.165, 1.54) is 0 Å². The lowest BCUT2D eigenvalue weighted by molar-refractivity contribution is -0.125. The van der Waals surface area contributed by atoms with Gasteiger partial charge in [0.15, 0.2) is 0 Å². The third-order valence-electron chi connectivity index (χ3n) is 3.20. The molecule has 0 spiro atoms. The van der Waals surface area contributed by atoms with Crippen LogP contribution in [0.2, 0.25) is 0 Å². The first-order valence-electron chi connectivity index (χ1n) is 5.09. The number of nitrogens with one attached hydrogen (secondary N) is 1. The van der Waals surface area contributed by atoms with Crippen molar-refractivity contribution in [1.29, 1.82) is 0 Å². The second kappa shape index (κ2) is 2.98. The van der Waals surface area contributed by atoms with Crippen molar-refractivity contribution in [2.75, 3.05) is 0 Å². The molecule has 74 valence electrons. The Morgan fingerprint density at radius 1 is 1.46 bits per heavy atom. The average Bonchev–Trinajstić information content (AvgIpc) is 2.62. The molecule has 0 aromatic carbocycles. The SMILES string of the molecule is CC1(NC(=O)C2CCC(O)C2)CC1. The van der Waals surface area contributed by atoms with Crippen molar-refractivity contribution in [1.82, 2.24) is 5.32 Å². The predicted molar refractivity (Wildman–Crippen MR) is 49.1 cm³/mol. The average molecular weight is 183 g/mol. The minimum Gasteiger partial charge on any atom is -0.393 e. The maximum absolute atomic E-state index is 11.6. The van der Waals surface area contributed by atoms with Gasteiger partial charge in [0.25, 0.3) is 0 Å². The molecule has 0 aromatic heterocycles. The van der Waals surface area contributed by atoms with Crippen molar-refractivity contribution in [2.45, 2.75) is 50.7 Å². The van der Waals surface area contributed by atoms with Gasteiger partial charge in [0.1, 0.15) is 0 Å². The second-order valence-corrected chi connectivity index (χ2v) is 4.71. The van der Waals surface area contributed by atoms with Crippen LogP contribution in [0.25, 0.3) is 0 Å². The summed E-state index contributed by atoms with van der Waals surface area (Å²) in [6.45, 7) is 2.08. The van der Waals surface area contributed by atoms with E-state index in [4.69, 9.17) is 0 Å². The molecule has 2 aliphatic rings. The summed E-state index contributed by atoms with van der Waals surface area (Å²) >= 11 is 0. The van der Waals surface area contributed by atoms with E-state index in [1.54, 1.807) is 0 Å². The van der Waals surface area contributed by atoms with Gasteiger partial charge in [0.2, 0.25) is 5.91 Å². The van der Waals surface area contributed by atoms with Crippen LogP contribution in [-0.2, 0) is 4.79 Å². The third kappa shape index (κ3) is 2.02. The number of aliphatic hydroxyl groups excluding tert-OH is 1. The van der Waals surface area contributed by atoms with Gasteiger partial charge in [-0.2, -0.15) is 0 Å². The summed E-state index contributed by atoms with van der Waals surface area (Å²) in [6, 6.07) is 0. The molecule has 2 aliphatic carbocycles. The van der Waals surface area contributed by atoms with Crippen LogP contribution in [0.3, 0.4) is 0 Å². The number of carbonyl (C=O) groups is 1. The van der Waals surface area contributed by atoms with E-state index in [-0.39, 0.29) is 23.5 Å². The van der Waals surface area contributed by atoms with Crippen LogP contribution in [0.15, 0.2) is 0 Å². The van der Waals surface area contributed by atoms with Crippen molar-refractivity contribution >= 4 is 5.91 Å². The molecule has 2 fully saturated rings. The summed E-state index contributed by atoms with van der Waals surface area (Å²) in [5.41, 5.74) is 0.0879. The Morgan fingerprint density at radius 2 is 2.15 bits per heavy atom. The molecule has 2 N–H and O–H groups in total. The van der Waals surface area contributed by atoms with E-state index in [9.17, 15) is 9.90 Å². The van der Waals surface area contributed by atoms with Gasteiger partial charge in [0.05, 0.1) is 6.10 Å². The molecule has 2 unspecified atom stereocenters. The molecule has 2 saturated carbocycles. The topological polar surface area (TPSA) is 49.3 Å². The number of amides is 1. The van der Waals surface area contributed by atoms with Gasteiger partial charge >= 0.3 is 0 Å². The maximum atomic E-state index is 11.6. The Morgan fingerprint density at radius 3 is 2.62 bits per heavy atom. The summed E-state index contributed by atoms with van der Waals surface area (Å²) in [6.07, 6.45) is 4.25. The van der Waals surface area contributed by atoms with Crippen LogP contribution >= 0.6 is 0 Å². The number of aliphatic hydroxyl groups is 1. The molecule has 13 heavy (non-hydrogen) atoms. The van der Waals surface area contributed by atoms with Crippen molar-refractivity contribution in [2.24, 2.45) is 5.92 Å². The first kappa shape index (κ1) is 9.00. The van der Waals surface area contributed by atoms with E-state index in [2.05, 4.69) is 12.2 Å². The molecule has 3 heteroatoms. The Labute approximate surface area is 78.5 Å². The van der Waals surface area contributed by atoms with Crippen LogP contribution in [0, 0.1) is 5.92 Å². The van der Waals surface area contributed by atoms with Gasteiger partial charge < -0.3 is 10.4 Å². The summed E-state index contributed by atoms with van der Waals surface area (Å²) < 4.78 is 0. The molecule has 2 atom stereocenters. The second-order valence-electron chi connectivity index (χ2n) is 4.71. The quantitative estimate of drug-likeness (QED) is 0.665. The number of carbonyl (C=O) groups excluding carboxylic acids is 1. The van der Waals surface area contributed by atoms with E-state index < -0.39 is 0 Å². The van der Waals surface area contributed by atoms with Gasteiger partial charge in [-0.15, -0.1) is 0 Å². The van der Waals surface area contributed by atoms with Crippen molar-refractivity contribution in [3.63, 3.8) is 0 Å². The van der Waals surface area contributed by atoms with Crippen molar-refractivity contribution < 1.29 is 9.90 Å². The molecule has 3 nitrogen and oxygen atoms in total. The van der Waals surface area contributed by atoms with Crippen LogP contribution < -0.4 is 5.32 Å². The molecule has 0 aromatic rings. The summed E-state index contributed by atoms with van der Waals surface area (Å²) in [5, 5.41) is 12.3. The lowest BCUT2D eigenvalue weighted by Gasteiger charge is -2.15. The van der Waals surface area contributed by atoms with Gasteiger partial charge in [-0.05, 0) is 39.0 Å². The van der Waals surface area contributed by atoms with E-state index in [1.807, 2.05) is 0 Å². The zero-order valence-corrected chi connectivity index (χ0v) is 8.05. The fourth-order valence-electron chi connectivity index (χ4n) is 1.91. The Bertz CT molecular complexity index is 223. The minimum absolute atomic E-state index is 0.0624. The van der Waals surface area contributed by atoms with Crippen LogP contribution in [0.1, 0.15) is 39.0 Å². The monoisotopic (exact) mass is 183 g/mol. The Hall–Kier alpha value is -0.570. The molecule has 0 radical (unpaired) electrons. The maximum Gasteiger partial charge on any atom is 0.223 e. The summed E-state index contributed by atoms with van der Waals surface area (Å²) in [5.74, 6) is 0.212. The van der Waals surface area contributed by atoms with Gasteiger partial charge in [-0.3, -0.25) is 4.79 Å². The lowest BCUT2D eigenvalue weighted by atomic mass is 10.1. The minimum atomic E-state index is -0.247. The highest BCUT2D eigenvalue weighted by Gasteiger charge is 2.41. The zero-order valence-electron chi connectivity index (χ0n) is 8.05. The normalized spacial score (nSPS) is 35.8. The van der Waals surface area contributed by atoms with Crippen molar-refractivity contribution in [3.05, 3.63) is 0 Å². The molecule has 0 heterocycles. The number of rotatable bonds is 2. The Balaban J connectivity index is 1.83. The standard InChI is InChI=1S/C10H17NO2/c1-10(4-5-10)11-9(13)7-2-3-8(12)6-7/h7-8,12H,2-6H2,1H3,(H,11,13). The van der Waals surface area contributed by atoms with E-state index >= 15 is 0 Å². The fraction of sp³-hybridized carbons (Fsp3) is 0.900. The third-order valence-corrected chi connectivity index (χ3v) is 3.20. The van der Waals surface area contributed by atoms with E-state index in [0.29, 0.717) is 6.42 Å². The first-order valence-corrected chi connectivity index (χ1v) is 5.09. The predicted octanol–water partition coefficient (Wildman–Crippen LogP) is 0.816. The van der Waals surface area contributed by atoms with E-state index in [0.717, 1.165) is 25.7 Å². The smallest absolute Gasteiger partial charge is 0.223 e. The summed E-state index contributed by atoms with van der Waals surface area (Å²) in [4.78, 5) is 11.6. The molecule has 0 saturated heterocycles. The van der Waals surface area contributed by atoms with Crippen LogP contribution in [-0.4, -0.2) is 22.7 Å². The lowest BCUT2D eigenvalue weighted by Crippen LogP contribution is -2.38. The Kier molecular flexibility index (Phi) is 2.06. The number of hydrogen-bond acceptors (Lipinski definition) is 2.